The minimum absolute atomic E-state index is 0.561. The third kappa shape index (κ3) is 4.32. The molecule has 0 bridgehead atoms. The van der Waals surface area contributed by atoms with Gasteiger partial charge >= 0.3 is 0 Å². The van der Waals surface area contributed by atoms with Gasteiger partial charge in [-0.3, -0.25) is 0 Å². The molecule has 3 heteroatoms. The van der Waals surface area contributed by atoms with Gasteiger partial charge < -0.3 is 15.2 Å². The summed E-state index contributed by atoms with van der Waals surface area (Å²) in [5, 5.41) is 12.7. The molecule has 0 aromatic heterocycles. The number of ether oxygens (including phenoxy) is 1. The number of benzene rings is 1. The van der Waals surface area contributed by atoms with E-state index in [0.29, 0.717) is 13.1 Å². The van der Waals surface area contributed by atoms with E-state index < -0.39 is 5.60 Å². The smallest absolute Gasteiger partial charge is 0.123 e. The standard InChI is InChI=1S/C12H19NO2/c1-12(2,14)9-13-8-10-6-4-5-7-11(10)15-3/h4-7,13-14H,8-9H2,1-3H3. The van der Waals surface area contributed by atoms with E-state index >= 15 is 0 Å². The van der Waals surface area contributed by atoms with Crippen molar-refractivity contribution >= 4 is 0 Å². The summed E-state index contributed by atoms with van der Waals surface area (Å²) in [6.45, 7) is 4.82. The second-order valence-corrected chi connectivity index (χ2v) is 4.23. The monoisotopic (exact) mass is 209 g/mol. The lowest BCUT2D eigenvalue weighted by Crippen LogP contribution is -2.34. The lowest BCUT2D eigenvalue weighted by Gasteiger charge is -2.18. The molecular weight excluding hydrogens is 190 g/mol. The summed E-state index contributed by atoms with van der Waals surface area (Å²) in [6.07, 6.45) is 0. The highest BCUT2D eigenvalue weighted by Gasteiger charge is 2.11. The molecule has 1 rings (SSSR count). The van der Waals surface area contributed by atoms with Gasteiger partial charge in [0.05, 0.1) is 12.7 Å². The normalized spacial score (nSPS) is 11.5. The van der Waals surface area contributed by atoms with E-state index in [1.54, 1.807) is 21.0 Å². The van der Waals surface area contributed by atoms with Crippen LogP contribution in [-0.4, -0.2) is 24.4 Å². The second kappa shape index (κ2) is 5.14. The maximum Gasteiger partial charge on any atom is 0.123 e. The Morgan fingerprint density at radius 2 is 2.00 bits per heavy atom. The van der Waals surface area contributed by atoms with E-state index in [1.807, 2.05) is 24.3 Å². The molecule has 1 aromatic rings. The molecule has 0 spiro atoms. The summed E-state index contributed by atoms with van der Waals surface area (Å²) in [5.74, 6) is 0.876. The number of hydrogen-bond donors (Lipinski definition) is 2. The predicted octanol–water partition coefficient (Wildman–Crippen LogP) is 1.56. The van der Waals surface area contributed by atoms with Gasteiger partial charge in [-0.05, 0) is 19.9 Å². The topological polar surface area (TPSA) is 41.5 Å². The van der Waals surface area contributed by atoms with Crippen LogP contribution >= 0.6 is 0 Å². The average Bonchev–Trinajstić information content (AvgIpc) is 2.16. The SMILES string of the molecule is COc1ccccc1CNCC(C)(C)O. The first-order chi connectivity index (χ1) is 7.03. The Balaban J connectivity index is 2.50. The van der Waals surface area contributed by atoms with E-state index in [0.717, 1.165) is 11.3 Å². The van der Waals surface area contributed by atoms with Gasteiger partial charge in [-0.15, -0.1) is 0 Å². The molecule has 1 aromatic carbocycles. The van der Waals surface area contributed by atoms with Crippen LogP contribution in [0.2, 0.25) is 0 Å². The fourth-order valence-corrected chi connectivity index (χ4v) is 1.35. The molecule has 0 saturated heterocycles. The molecule has 0 saturated carbocycles. The Morgan fingerprint density at radius 3 is 2.60 bits per heavy atom. The summed E-state index contributed by atoms with van der Waals surface area (Å²) < 4.78 is 5.23. The molecule has 0 amide bonds. The molecule has 15 heavy (non-hydrogen) atoms. The van der Waals surface area contributed by atoms with Crippen LogP contribution in [0, 0.1) is 0 Å². The zero-order valence-electron chi connectivity index (χ0n) is 9.58. The van der Waals surface area contributed by atoms with Crippen molar-refractivity contribution in [2.24, 2.45) is 0 Å². The maximum absolute atomic E-state index is 9.53. The molecular formula is C12H19NO2. The predicted molar refractivity (Wildman–Crippen MR) is 61.0 cm³/mol. The van der Waals surface area contributed by atoms with E-state index in [1.165, 1.54) is 0 Å². The summed E-state index contributed by atoms with van der Waals surface area (Å²) >= 11 is 0. The van der Waals surface area contributed by atoms with Crippen molar-refractivity contribution in [1.82, 2.24) is 5.32 Å². The van der Waals surface area contributed by atoms with Gasteiger partial charge in [0, 0.05) is 18.7 Å². The van der Waals surface area contributed by atoms with Crippen LogP contribution in [-0.2, 0) is 6.54 Å². The van der Waals surface area contributed by atoms with E-state index in [-0.39, 0.29) is 0 Å². The van der Waals surface area contributed by atoms with Crippen LogP contribution in [0.25, 0.3) is 0 Å². The highest BCUT2D eigenvalue weighted by atomic mass is 16.5. The Morgan fingerprint density at radius 1 is 1.33 bits per heavy atom. The van der Waals surface area contributed by atoms with Crippen LogP contribution in [0.5, 0.6) is 5.75 Å². The number of methoxy groups -OCH3 is 1. The van der Waals surface area contributed by atoms with Crippen molar-refractivity contribution in [2.45, 2.75) is 26.0 Å². The largest absolute Gasteiger partial charge is 0.496 e. The van der Waals surface area contributed by atoms with Gasteiger partial charge in [-0.2, -0.15) is 0 Å². The number of aliphatic hydroxyl groups is 1. The van der Waals surface area contributed by atoms with Crippen LogP contribution in [0.3, 0.4) is 0 Å². The fourth-order valence-electron chi connectivity index (χ4n) is 1.35. The van der Waals surface area contributed by atoms with Crippen LogP contribution in [0.1, 0.15) is 19.4 Å². The van der Waals surface area contributed by atoms with Crippen molar-refractivity contribution in [1.29, 1.82) is 0 Å². The van der Waals surface area contributed by atoms with Gasteiger partial charge in [0.2, 0.25) is 0 Å². The molecule has 0 radical (unpaired) electrons. The number of nitrogens with one attached hydrogen (secondary N) is 1. The van der Waals surface area contributed by atoms with Crippen LogP contribution in [0.15, 0.2) is 24.3 Å². The first kappa shape index (κ1) is 12.0. The Hall–Kier alpha value is -1.06. The zero-order valence-corrected chi connectivity index (χ0v) is 9.58. The second-order valence-electron chi connectivity index (χ2n) is 4.23. The third-order valence-corrected chi connectivity index (χ3v) is 2.07. The molecule has 0 heterocycles. The quantitative estimate of drug-likeness (QED) is 0.773. The lowest BCUT2D eigenvalue weighted by atomic mass is 10.1. The summed E-state index contributed by atoms with van der Waals surface area (Å²) in [5.41, 5.74) is 0.423. The summed E-state index contributed by atoms with van der Waals surface area (Å²) in [4.78, 5) is 0. The maximum atomic E-state index is 9.53. The first-order valence-electron chi connectivity index (χ1n) is 5.08. The Kier molecular flexibility index (Phi) is 4.12. The van der Waals surface area contributed by atoms with Crippen molar-refractivity contribution in [3.63, 3.8) is 0 Å². The molecule has 0 aliphatic heterocycles. The van der Waals surface area contributed by atoms with Crippen molar-refractivity contribution in [3.05, 3.63) is 29.8 Å². The van der Waals surface area contributed by atoms with Gasteiger partial charge in [-0.25, -0.2) is 0 Å². The highest BCUT2D eigenvalue weighted by molar-refractivity contribution is 5.32. The fraction of sp³-hybridized carbons (Fsp3) is 0.500. The molecule has 84 valence electrons. The molecule has 3 nitrogen and oxygen atoms in total. The summed E-state index contributed by atoms with van der Waals surface area (Å²) in [6, 6.07) is 7.86. The van der Waals surface area contributed by atoms with Crippen LogP contribution in [0.4, 0.5) is 0 Å². The summed E-state index contributed by atoms with van der Waals surface area (Å²) in [7, 11) is 1.66. The Labute approximate surface area is 91.1 Å². The van der Waals surface area contributed by atoms with Crippen molar-refractivity contribution in [2.75, 3.05) is 13.7 Å². The zero-order chi connectivity index (χ0) is 11.3. The van der Waals surface area contributed by atoms with Gasteiger partial charge in [0.1, 0.15) is 5.75 Å². The first-order valence-corrected chi connectivity index (χ1v) is 5.08. The average molecular weight is 209 g/mol. The minimum atomic E-state index is -0.679. The van der Waals surface area contributed by atoms with Gasteiger partial charge in [0.25, 0.3) is 0 Å². The number of rotatable bonds is 5. The molecule has 0 atom stereocenters. The molecule has 0 aliphatic carbocycles. The lowest BCUT2D eigenvalue weighted by molar-refractivity contribution is 0.0794. The van der Waals surface area contributed by atoms with Crippen molar-refractivity contribution in [3.8, 4) is 5.75 Å². The highest BCUT2D eigenvalue weighted by Crippen LogP contribution is 2.16. The molecule has 0 aliphatic rings. The van der Waals surface area contributed by atoms with E-state index in [9.17, 15) is 5.11 Å². The minimum Gasteiger partial charge on any atom is -0.496 e. The molecule has 0 fully saturated rings. The van der Waals surface area contributed by atoms with Crippen LogP contribution < -0.4 is 10.1 Å². The van der Waals surface area contributed by atoms with Gasteiger partial charge in [-0.1, -0.05) is 18.2 Å². The van der Waals surface area contributed by atoms with E-state index in [2.05, 4.69) is 5.32 Å². The van der Waals surface area contributed by atoms with Gasteiger partial charge in [0.15, 0.2) is 0 Å². The number of hydrogen-bond acceptors (Lipinski definition) is 3. The van der Waals surface area contributed by atoms with Crippen molar-refractivity contribution < 1.29 is 9.84 Å². The molecule has 0 unspecified atom stereocenters. The molecule has 2 N–H and O–H groups in total. The number of para-hydroxylation sites is 1. The van der Waals surface area contributed by atoms with E-state index in [4.69, 9.17) is 4.74 Å². The third-order valence-electron chi connectivity index (χ3n) is 2.07. The Bertz CT molecular complexity index is 305.